The summed E-state index contributed by atoms with van der Waals surface area (Å²) in [6.45, 7) is 5.77. The van der Waals surface area contributed by atoms with Crippen LogP contribution in [0, 0.1) is 5.92 Å². The van der Waals surface area contributed by atoms with Crippen molar-refractivity contribution >= 4 is 35.0 Å². The van der Waals surface area contributed by atoms with Crippen molar-refractivity contribution in [2.75, 3.05) is 5.32 Å². The van der Waals surface area contributed by atoms with E-state index in [1.807, 2.05) is 74.5 Å². The lowest BCUT2D eigenvalue weighted by atomic mass is 10.0. The van der Waals surface area contributed by atoms with Gasteiger partial charge in [-0.2, -0.15) is 0 Å². The summed E-state index contributed by atoms with van der Waals surface area (Å²) in [5.41, 5.74) is 3.58. The van der Waals surface area contributed by atoms with Crippen molar-refractivity contribution in [3.05, 3.63) is 95.6 Å². The Kier molecular flexibility index (Phi) is 9.73. The Morgan fingerprint density at radius 3 is 2.17 bits per heavy atom. The van der Waals surface area contributed by atoms with Crippen LogP contribution < -0.4 is 26.6 Å². The monoisotopic (exact) mass is 555 g/mol. The van der Waals surface area contributed by atoms with Gasteiger partial charge in [0.2, 0.25) is 17.7 Å². The second kappa shape index (κ2) is 13.6. The van der Waals surface area contributed by atoms with Crippen molar-refractivity contribution in [1.29, 1.82) is 0 Å². The van der Waals surface area contributed by atoms with Gasteiger partial charge in [-0.15, -0.1) is 0 Å². The van der Waals surface area contributed by atoms with Crippen LogP contribution in [0.15, 0.2) is 78.9 Å². The van der Waals surface area contributed by atoms with E-state index >= 15 is 0 Å². The number of anilines is 2. The highest BCUT2D eigenvalue weighted by Gasteiger charge is 2.28. The normalized spacial score (nSPS) is 20.3. The van der Waals surface area contributed by atoms with Gasteiger partial charge in [0.25, 0.3) is 5.91 Å². The zero-order valence-electron chi connectivity index (χ0n) is 23.6. The minimum atomic E-state index is -0.940. The van der Waals surface area contributed by atoms with Gasteiger partial charge in [-0.1, -0.05) is 62.4 Å². The van der Waals surface area contributed by atoms with Gasteiger partial charge in [0, 0.05) is 29.9 Å². The number of nitrogens with one attached hydrogen (secondary N) is 5. The van der Waals surface area contributed by atoms with Crippen LogP contribution in [0.2, 0.25) is 0 Å². The molecule has 1 heterocycles. The Bertz CT molecular complexity index is 1390. The fraction of sp³-hybridized carbons (Fsp3) is 0.312. The largest absolute Gasteiger partial charge is 0.355 e. The fourth-order valence-corrected chi connectivity index (χ4v) is 4.66. The fourth-order valence-electron chi connectivity index (χ4n) is 4.66. The van der Waals surface area contributed by atoms with Crippen LogP contribution in [-0.4, -0.2) is 41.8 Å². The van der Waals surface area contributed by atoms with Crippen molar-refractivity contribution in [2.45, 2.75) is 58.3 Å². The maximum absolute atomic E-state index is 13.4. The van der Waals surface area contributed by atoms with Gasteiger partial charge in [-0.25, -0.2) is 0 Å². The molecule has 0 aliphatic carbocycles. The second-order valence-electron chi connectivity index (χ2n) is 10.8. The summed E-state index contributed by atoms with van der Waals surface area (Å²) >= 11 is 0. The van der Waals surface area contributed by atoms with E-state index in [2.05, 4.69) is 26.6 Å². The number of hydrogen-bond donors (Lipinski definition) is 5. The van der Waals surface area contributed by atoms with Gasteiger partial charge >= 0.3 is 0 Å². The van der Waals surface area contributed by atoms with Crippen LogP contribution in [0.25, 0.3) is 0 Å². The van der Waals surface area contributed by atoms with Crippen LogP contribution in [0.3, 0.4) is 0 Å². The lowest BCUT2D eigenvalue weighted by Gasteiger charge is -2.24. The van der Waals surface area contributed by atoms with E-state index in [0.717, 1.165) is 16.8 Å². The lowest BCUT2D eigenvalue weighted by Crippen LogP contribution is -2.56. The predicted molar refractivity (Wildman–Crippen MR) is 158 cm³/mol. The highest BCUT2D eigenvalue weighted by Crippen LogP contribution is 2.20. The number of fused-ring (bicyclic) bond motifs is 4. The predicted octanol–water partition coefficient (Wildman–Crippen LogP) is 3.44. The molecule has 0 radical (unpaired) electrons. The summed E-state index contributed by atoms with van der Waals surface area (Å²) < 4.78 is 0. The van der Waals surface area contributed by atoms with E-state index in [9.17, 15) is 19.2 Å². The zero-order chi connectivity index (χ0) is 29.4. The molecule has 214 valence electrons. The van der Waals surface area contributed by atoms with Crippen molar-refractivity contribution in [3.8, 4) is 0 Å². The molecular weight excluding hydrogens is 518 g/mol. The first-order valence-electron chi connectivity index (χ1n) is 13.9. The van der Waals surface area contributed by atoms with Gasteiger partial charge in [0.05, 0.1) is 0 Å². The summed E-state index contributed by atoms with van der Waals surface area (Å²) in [6.07, 6.45) is 0.665. The molecule has 9 nitrogen and oxygen atoms in total. The van der Waals surface area contributed by atoms with E-state index in [1.165, 1.54) is 0 Å². The number of carbonyl (C=O) groups excluding carboxylic acids is 4. The molecule has 0 saturated heterocycles. The summed E-state index contributed by atoms with van der Waals surface area (Å²) in [6, 6.07) is 21.3. The van der Waals surface area contributed by atoms with Crippen molar-refractivity contribution in [1.82, 2.24) is 21.3 Å². The molecule has 3 aromatic carbocycles. The third-order valence-corrected chi connectivity index (χ3v) is 6.80. The van der Waals surface area contributed by atoms with Crippen LogP contribution in [0.1, 0.15) is 48.7 Å². The Labute approximate surface area is 240 Å². The molecule has 9 heteroatoms. The Hall–Kier alpha value is -4.66. The van der Waals surface area contributed by atoms with E-state index < -0.39 is 35.8 Å². The molecule has 4 amide bonds. The topological polar surface area (TPSA) is 128 Å². The summed E-state index contributed by atoms with van der Waals surface area (Å²) in [5, 5.41) is 14.6. The minimum Gasteiger partial charge on any atom is -0.355 e. The van der Waals surface area contributed by atoms with Crippen LogP contribution in [0.5, 0.6) is 0 Å². The molecular formula is C32H37N5O4. The van der Waals surface area contributed by atoms with E-state index in [0.29, 0.717) is 17.7 Å². The zero-order valence-corrected chi connectivity index (χ0v) is 23.6. The molecule has 4 bridgehead atoms. The number of amides is 4. The molecule has 3 atom stereocenters. The second-order valence-corrected chi connectivity index (χ2v) is 10.8. The molecule has 0 unspecified atom stereocenters. The highest BCUT2D eigenvalue weighted by molar-refractivity contribution is 5.99. The van der Waals surface area contributed by atoms with Crippen LogP contribution >= 0.6 is 0 Å². The first-order chi connectivity index (χ1) is 19.7. The molecule has 0 aromatic heterocycles. The highest BCUT2D eigenvalue weighted by atomic mass is 16.2. The summed E-state index contributed by atoms with van der Waals surface area (Å²) in [5.74, 6) is -1.56. The lowest BCUT2D eigenvalue weighted by molar-refractivity contribution is -0.132. The summed E-state index contributed by atoms with van der Waals surface area (Å²) in [4.78, 5) is 53.0. The van der Waals surface area contributed by atoms with Crippen molar-refractivity contribution in [2.24, 2.45) is 5.92 Å². The van der Waals surface area contributed by atoms with Crippen LogP contribution in [0.4, 0.5) is 11.4 Å². The van der Waals surface area contributed by atoms with Gasteiger partial charge in [0.1, 0.15) is 18.1 Å². The average Bonchev–Trinajstić information content (AvgIpc) is 2.95. The third kappa shape index (κ3) is 8.41. The van der Waals surface area contributed by atoms with Gasteiger partial charge in [-0.05, 0) is 60.7 Å². The first-order valence-corrected chi connectivity index (χ1v) is 13.9. The molecule has 3 aromatic rings. The third-order valence-electron chi connectivity index (χ3n) is 6.80. The Morgan fingerprint density at radius 2 is 1.44 bits per heavy atom. The molecule has 0 spiro atoms. The maximum atomic E-state index is 13.4. The van der Waals surface area contributed by atoms with E-state index in [1.54, 1.807) is 25.1 Å². The SMILES string of the molecule is CC(C)C[C@@H]1NC(=O)[C@H](C)NC(=O)[C@H](Cc2ccccc2)NC(=O)c2cccc(c2)Nc2cccc(c2)CNC1=O. The molecule has 41 heavy (non-hydrogen) atoms. The molecule has 0 fully saturated rings. The van der Waals surface area contributed by atoms with E-state index in [-0.39, 0.29) is 24.8 Å². The maximum Gasteiger partial charge on any atom is 0.252 e. The quantitative estimate of drug-likeness (QED) is 0.337. The number of hydrogen-bond acceptors (Lipinski definition) is 5. The molecule has 0 saturated carbocycles. The minimum absolute atomic E-state index is 0.144. The van der Waals surface area contributed by atoms with Crippen molar-refractivity contribution in [3.63, 3.8) is 0 Å². The Morgan fingerprint density at radius 1 is 0.732 bits per heavy atom. The molecule has 1 aliphatic rings. The van der Waals surface area contributed by atoms with E-state index in [4.69, 9.17) is 0 Å². The number of benzene rings is 3. The smallest absolute Gasteiger partial charge is 0.252 e. The van der Waals surface area contributed by atoms with Crippen LogP contribution in [-0.2, 0) is 27.3 Å². The number of rotatable bonds is 4. The first kappa shape index (κ1) is 29.3. The van der Waals surface area contributed by atoms with Crippen molar-refractivity contribution < 1.29 is 19.2 Å². The summed E-state index contributed by atoms with van der Waals surface area (Å²) in [7, 11) is 0. The van der Waals surface area contributed by atoms with Gasteiger partial charge < -0.3 is 26.6 Å². The van der Waals surface area contributed by atoms with Gasteiger partial charge in [-0.3, -0.25) is 19.2 Å². The average molecular weight is 556 g/mol. The standard InChI is InChI=1S/C32H37N5O4/c1-20(2)15-27-31(40)33-19-23-11-7-13-25(16-23)35-26-14-8-12-24(18-26)30(39)37-28(17-22-9-5-4-6-10-22)32(41)34-21(3)29(38)36-27/h4-14,16,18,20-21,27-28,35H,15,17,19H2,1-3H3,(H,33,40)(H,34,41)(H,36,38)(H,37,39)/t21-,27-,28-/m0/s1. The molecule has 5 N–H and O–H groups in total. The molecule has 4 rings (SSSR count). The molecule has 1 aliphatic heterocycles. The Balaban J connectivity index is 1.67. The van der Waals surface area contributed by atoms with Gasteiger partial charge in [0.15, 0.2) is 0 Å². The number of carbonyl (C=O) groups is 4.